The highest BCUT2D eigenvalue weighted by Crippen LogP contribution is 2.43. The Bertz CT molecular complexity index is 450. The number of fused-ring (bicyclic) bond motifs is 2. The van der Waals surface area contributed by atoms with Crippen molar-refractivity contribution >= 4 is 11.6 Å². The SMILES string of the molecule is COc1ccc2c(c1)C1(CCNC1)C(=O)N2. The summed E-state index contributed by atoms with van der Waals surface area (Å²) in [6.45, 7) is 1.61. The molecule has 1 unspecified atom stereocenters. The van der Waals surface area contributed by atoms with Gasteiger partial charge >= 0.3 is 0 Å². The van der Waals surface area contributed by atoms with Crippen molar-refractivity contribution in [2.75, 3.05) is 25.5 Å². The van der Waals surface area contributed by atoms with Gasteiger partial charge in [0.1, 0.15) is 5.75 Å². The van der Waals surface area contributed by atoms with Crippen LogP contribution in [0.1, 0.15) is 12.0 Å². The summed E-state index contributed by atoms with van der Waals surface area (Å²) in [5.74, 6) is 0.919. The predicted octanol–water partition coefficient (Wildman–Crippen LogP) is 0.878. The Morgan fingerprint density at radius 1 is 1.44 bits per heavy atom. The summed E-state index contributed by atoms with van der Waals surface area (Å²) in [6, 6.07) is 5.76. The van der Waals surface area contributed by atoms with E-state index in [2.05, 4.69) is 10.6 Å². The summed E-state index contributed by atoms with van der Waals surface area (Å²) in [4.78, 5) is 12.1. The van der Waals surface area contributed by atoms with E-state index in [9.17, 15) is 4.79 Å². The van der Waals surface area contributed by atoms with Crippen LogP contribution in [0.2, 0.25) is 0 Å². The number of methoxy groups -OCH3 is 1. The molecule has 1 amide bonds. The van der Waals surface area contributed by atoms with Gasteiger partial charge < -0.3 is 15.4 Å². The molecule has 1 atom stereocenters. The molecule has 1 saturated heterocycles. The maximum Gasteiger partial charge on any atom is 0.236 e. The lowest BCUT2D eigenvalue weighted by Gasteiger charge is -2.19. The minimum atomic E-state index is -0.371. The maximum atomic E-state index is 12.1. The molecular formula is C12H14N2O2. The van der Waals surface area contributed by atoms with Crippen LogP contribution in [0.25, 0.3) is 0 Å². The van der Waals surface area contributed by atoms with Crippen molar-refractivity contribution in [1.29, 1.82) is 0 Å². The first-order chi connectivity index (χ1) is 7.76. The van der Waals surface area contributed by atoms with Crippen molar-refractivity contribution in [3.63, 3.8) is 0 Å². The highest BCUT2D eigenvalue weighted by molar-refractivity contribution is 6.06. The number of hydrogen-bond donors (Lipinski definition) is 2. The van der Waals surface area contributed by atoms with E-state index >= 15 is 0 Å². The summed E-state index contributed by atoms with van der Waals surface area (Å²) < 4.78 is 5.22. The molecule has 2 aliphatic heterocycles. The lowest BCUT2D eigenvalue weighted by Crippen LogP contribution is -2.36. The van der Waals surface area contributed by atoms with Crippen LogP contribution in [0.3, 0.4) is 0 Å². The van der Waals surface area contributed by atoms with Gasteiger partial charge in [0, 0.05) is 12.2 Å². The normalized spacial score (nSPS) is 26.9. The van der Waals surface area contributed by atoms with Gasteiger partial charge in [-0.2, -0.15) is 0 Å². The summed E-state index contributed by atoms with van der Waals surface area (Å²) in [5.41, 5.74) is 1.63. The molecule has 16 heavy (non-hydrogen) atoms. The van der Waals surface area contributed by atoms with E-state index in [0.29, 0.717) is 0 Å². The van der Waals surface area contributed by atoms with E-state index < -0.39 is 0 Å². The highest BCUT2D eigenvalue weighted by atomic mass is 16.5. The summed E-state index contributed by atoms with van der Waals surface area (Å²) in [5, 5.41) is 6.21. The average molecular weight is 218 g/mol. The molecule has 3 rings (SSSR count). The largest absolute Gasteiger partial charge is 0.497 e. The van der Waals surface area contributed by atoms with Crippen LogP contribution in [-0.2, 0) is 10.2 Å². The Labute approximate surface area is 94.0 Å². The van der Waals surface area contributed by atoms with Crippen molar-refractivity contribution in [2.24, 2.45) is 0 Å². The molecule has 0 aliphatic carbocycles. The third-order valence-electron chi connectivity index (χ3n) is 3.58. The average Bonchev–Trinajstić information content (AvgIpc) is 2.88. The van der Waals surface area contributed by atoms with E-state index in [-0.39, 0.29) is 11.3 Å². The zero-order valence-electron chi connectivity index (χ0n) is 9.17. The molecule has 4 nitrogen and oxygen atoms in total. The molecule has 2 heterocycles. The van der Waals surface area contributed by atoms with Gasteiger partial charge in [-0.1, -0.05) is 0 Å². The van der Waals surface area contributed by atoms with Crippen molar-refractivity contribution in [3.8, 4) is 5.75 Å². The Morgan fingerprint density at radius 3 is 3.00 bits per heavy atom. The first kappa shape index (κ1) is 9.66. The van der Waals surface area contributed by atoms with E-state index in [1.165, 1.54) is 0 Å². The molecular weight excluding hydrogens is 204 g/mol. The number of nitrogens with one attached hydrogen (secondary N) is 2. The number of amides is 1. The fourth-order valence-corrected chi connectivity index (χ4v) is 2.64. The molecule has 84 valence electrons. The Balaban J connectivity index is 2.14. The zero-order valence-corrected chi connectivity index (χ0v) is 9.17. The number of carbonyl (C=O) groups is 1. The quantitative estimate of drug-likeness (QED) is 0.735. The monoisotopic (exact) mass is 218 g/mol. The van der Waals surface area contributed by atoms with E-state index in [1.807, 2.05) is 18.2 Å². The number of rotatable bonds is 1. The number of ether oxygens (including phenoxy) is 1. The van der Waals surface area contributed by atoms with Crippen molar-refractivity contribution in [1.82, 2.24) is 5.32 Å². The van der Waals surface area contributed by atoms with Crippen LogP contribution in [-0.4, -0.2) is 26.1 Å². The lowest BCUT2D eigenvalue weighted by molar-refractivity contribution is -0.120. The highest BCUT2D eigenvalue weighted by Gasteiger charge is 2.48. The lowest BCUT2D eigenvalue weighted by atomic mass is 9.81. The van der Waals surface area contributed by atoms with Crippen LogP contribution in [0.15, 0.2) is 18.2 Å². The maximum absolute atomic E-state index is 12.1. The Morgan fingerprint density at radius 2 is 2.31 bits per heavy atom. The van der Waals surface area contributed by atoms with Crippen LogP contribution in [0.5, 0.6) is 5.75 Å². The number of anilines is 1. The van der Waals surface area contributed by atoms with Crippen molar-refractivity contribution in [2.45, 2.75) is 11.8 Å². The Hall–Kier alpha value is -1.55. The minimum Gasteiger partial charge on any atom is -0.497 e. The van der Waals surface area contributed by atoms with Crippen molar-refractivity contribution < 1.29 is 9.53 Å². The van der Waals surface area contributed by atoms with Gasteiger partial charge in [0.05, 0.1) is 12.5 Å². The molecule has 0 radical (unpaired) electrons. The number of benzene rings is 1. The second kappa shape index (κ2) is 3.22. The molecule has 0 aromatic heterocycles. The fourth-order valence-electron chi connectivity index (χ4n) is 2.64. The zero-order chi connectivity index (χ0) is 11.2. The first-order valence-corrected chi connectivity index (χ1v) is 5.47. The van der Waals surface area contributed by atoms with Gasteiger partial charge in [-0.05, 0) is 36.7 Å². The molecule has 1 aromatic rings. The van der Waals surface area contributed by atoms with Gasteiger partial charge in [-0.25, -0.2) is 0 Å². The third kappa shape index (κ3) is 1.10. The third-order valence-corrected chi connectivity index (χ3v) is 3.58. The van der Waals surface area contributed by atoms with Crippen LogP contribution in [0, 0.1) is 0 Å². The standard InChI is InChI=1S/C12H14N2O2/c1-16-8-2-3-10-9(6-8)12(11(15)14-10)4-5-13-7-12/h2-3,6,13H,4-5,7H2,1H3,(H,14,15). The van der Waals surface area contributed by atoms with Gasteiger partial charge in [-0.15, -0.1) is 0 Å². The molecule has 2 N–H and O–H groups in total. The van der Waals surface area contributed by atoms with E-state index in [0.717, 1.165) is 36.5 Å². The topological polar surface area (TPSA) is 50.4 Å². The first-order valence-electron chi connectivity index (χ1n) is 5.47. The summed E-state index contributed by atoms with van der Waals surface area (Å²) in [7, 11) is 1.64. The molecule has 1 aromatic carbocycles. The fraction of sp³-hybridized carbons (Fsp3) is 0.417. The molecule has 1 spiro atoms. The van der Waals surface area contributed by atoms with Gasteiger partial charge in [-0.3, -0.25) is 4.79 Å². The van der Waals surface area contributed by atoms with Gasteiger partial charge in [0.25, 0.3) is 0 Å². The smallest absolute Gasteiger partial charge is 0.236 e. The second-order valence-corrected chi connectivity index (χ2v) is 4.37. The van der Waals surface area contributed by atoms with Crippen LogP contribution in [0.4, 0.5) is 5.69 Å². The summed E-state index contributed by atoms with van der Waals surface area (Å²) >= 11 is 0. The van der Waals surface area contributed by atoms with E-state index in [4.69, 9.17) is 4.74 Å². The van der Waals surface area contributed by atoms with Crippen LogP contribution >= 0.6 is 0 Å². The predicted molar refractivity (Wildman–Crippen MR) is 60.8 cm³/mol. The van der Waals surface area contributed by atoms with Crippen LogP contribution < -0.4 is 15.4 Å². The number of hydrogen-bond acceptors (Lipinski definition) is 3. The second-order valence-electron chi connectivity index (χ2n) is 4.37. The molecule has 4 heteroatoms. The molecule has 0 bridgehead atoms. The molecule has 0 saturated carbocycles. The van der Waals surface area contributed by atoms with Gasteiger partial charge in [0.2, 0.25) is 5.91 Å². The molecule has 1 fully saturated rings. The summed E-state index contributed by atoms with van der Waals surface area (Å²) in [6.07, 6.45) is 0.860. The minimum absolute atomic E-state index is 0.112. The van der Waals surface area contributed by atoms with Crippen molar-refractivity contribution in [3.05, 3.63) is 23.8 Å². The number of carbonyl (C=O) groups excluding carboxylic acids is 1. The van der Waals surface area contributed by atoms with E-state index in [1.54, 1.807) is 7.11 Å². The molecule has 2 aliphatic rings. The Kier molecular flexibility index (Phi) is 1.94. The van der Waals surface area contributed by atoms with Gasteiger partial charge in [0.15, 0.2) is 0 Å².